The number of carbonyl (C=O) groups is 1. The Labute approximate surface area is 134 Å². The van der Waals surface area contributed by atoms with Gasteiger partial charge in [0.1, 0.15) is 5.75 Å². The van der Waals surface area contributed by atoms with Crippen molar-refractivity contribution in [1.29, 1.82) is 0 Å². The summed E-state index contributed by atoms with van der Waals surface area (Å²) in [7, 11) is 0. The summed E-state index contributed by atoms with van der Waals surface area (Å²) in [4.78, 5) is 12.1. The summed E-state index contributed by atoms with van der Waals surface area (Å²) in [5, 5.41) is 3.13. The summed E-state index contributed by atoms with van der Waals surface area (Å²) < 4.78 is 5.78. The van der Waals surface area contributed by atoms with Gasteiger partial charge in [0.15, 0.2) is 6.61 Å². The predicted octanol–water partition coefficient (Wildman–Crippen LogP) is 4.42. The molecule has 0 aromatic heterocycles. The van der Waals surface area contributed by atoms with Crippen LogP contribution in [0, 0.1) is 0 Å². The van der Waals surface area contributed by atoms with Crippen molar-refractivity contribution in [3.05, 3.63) is 29.8 Å². The number of benzene rings is 1. The average molecular weight is 303 g/mol. The van der Waals surface area contributed by atoms with E-state index in [2.05, 4.69) is 25.2 Å². The van der Waals surface area contributed by atoms with Gasteiger partial charge in [-0.2, -0.15) is 0 Å². The SMILES string of the molecule is CCC(C)c1ccccc1OCC(=O)NC1CCCCCC1. The van der Waals surface area contributed by atoms with Gasteiger partial charge in [-0.15, -0.1) is 0 Å². The van der Waals surface area contributed by atoms with Gasteiger partial charge in [0.25, 0.3) is 5.91 Å². The zero-order valence-corrected chi connectivity index (χ0v) is 13.9. The topological polar surface area (TPSA) is 38.3 Å². The molecule has 1 unspecified atom stereocenters. The highest BCUT2D eigenvalue weighted by atomic mass is 16.5. The molecule has 0 bridgehead atoms. The second-order valence-electron chi connectivity index (χ2n) is 6.39. The predicted molar refractivity (Wildman–Crippen MR) is 90.3 cm³/mol. The zero-order valence-electron chi connectivity index (χ0n) is 13.9. The molecule has 3 nitrogen and oxygen atoms in total. The molecule has 3 heteroatoms. The lowest BCUT2D eigenvalue weighted by Gasteiger charge is -2.18. The first-order chi connectivity index (χ1) is 10.7. The Morgan fingerprint density at radius 2 is 1.91 bits per heavy atom. The van der Waals surface area contributed by atoms with Gasteiger partial charge in [0.05, 0.1) is 0 Å². The van der Waals surface area contributed by atoms with E-state index in [1.54, 1.807) is 0 Å². The summed E-state index contributed by atoms with van der Waals surface area (Å²) in [6.45, 7) is 4.47. The van der Waals surface area contributed by atoms with Crippen molar-refractivity contribution in [2.45, 2.75) is 70.8 Å². The first-order valence-corrected chi connectivity index (χ1v) is 8.71. The number of rotatable bonds is 6. The number of amides is 1. The van der Waals surface area contributed by atoms with Crippen molar-refractivity contribution < 1.29 is 9.53 Å². The third kappa shape index (κ3) is 5.04. The van der Waals surface area contributed by atoms with Crippen LogP contribution in [0.1, 0.15) is 70.3 Å². The Morgan fingerprint density at radius 3 is 2.59 bits per heavy atom. The van der Waals surface area contributed by atoms with E-state index in [0.717, 1.165) is 25.0 Å². The molecule has 0 spiro atoms. The molecule has 0 radical (unpaired) electrons. The highest BCUT2D eigenvalue weighted by Crippen LogP contribution is 2.28. The number of hydrogen-bond acceptors (Lipinski definition) is 2. The lowest BCUT2D eigenvalue weighted by molar-refractivity contribution is -0.123. The summed E-state index contributed by atoms with van der Waals surface area (Å²) in [5.41, 5.74) is 1.19. The van der Waals surface area contributed by atoms with Crippen molar-refractivity contribution >= 4 is 5.91 Å². The van der Waals surface area contributed by atoms with Gasteiger partial charge in [-0.3, -0.25) is 4.79 Å². The lowest BCUT2D eigenvalue weighted by Crippen LogP contribution is -2.37. The standard InChI is InChI=1S/C19H29NO2/c1-3-15(2)17-12-8-9-13-18(17)22-14-19(21)20-16-10-6-4-5-7-11-16/h8-9,12-13,15-16H,3-7,10-11,14H2,1-2H3,(H,20,21). The molecule has 1 aliphatic rings. The molecule has 2 rings (SSSR count). The maximum absolute atomic E-state index is 12.1. The van der Waals surface area contributed by atoms with Crippen molar-refractivity contribution in [3.8, 4) is 5.75 Å². The fourth-order valence-electron chi connectivity index (χ4n) is 3.08. The zero-order chi connectivity index (χ0) is 15.8. The van der Waals surface area contributed by atoms with Crippen LogP contribution < -0.4 is 10.1 Å². The number of hydrogen-bond donors (Lipinski definition) is 1. The molecule has 1 aliphatic carbocycles. The molecule has 1 N–H and O–H groups in total. The average Bonchev–Trinajstić information content (AvgIpc) is 2.81. The van der Waals surface area contributed by atoms with Gasteiger partial charge in [-0.05, 0) is 36.8 Å². The molecule has 1 fully saturated rings. The van der Waals surface area contributed by atoms with Crippen LogP contribution in [-0.4, -0.2) is 18.6 Å². The van der Waals surface area contributed by atoms with E-state index in [0.29, 0.717) is 12.0 Å². The molecular formula is C19H29NO2. The van der Waals surface area contributed by atoms with Crippen LogP contribution in [0.25, 0.3) is 0 Å². The van der Waals surface area contributed by atoms with Crippen LogP contribution in [0.4, 0.5) is 0 Å². The second-order valence-corrected chi connectivity index (χ2v) is 6.39. The van der Waals surface area contributed by atoms with E-state index in [1.807, 2.05) is 18.2 Å². The molecular weight excluding hydrogens is 274 g/mol. The van der Waals surface area contributed by atoms with E-state index >= 15 is 0 Å². The third-order valence-corrected chi connectivity index (χ3v) is 4.64. The van der Waals surface area contributed by atoms with E-state index in [1.165, 1.54) is 31.2 Å². The summed E-state index contributed by atoms with van der Waals surface area (Å²) in [6.07, 6.45) is 8.32. The minimum Gasteiger partial charge on any atom is -0.483 e. The Bertz CT molecular complexity index is 464. The van der Waals surface area contributed by atoms with Crippen molar-refractivity contribution in [2.75, 3.05) is 6.61 Å². The largest absolute Gasteiger partial charge is 0.483 e. The van der Waals surface area contributed by atoms with Gasteiger partial charge in [-0.25, -0.2) is 0 Å². The van der Waals surface area contributed by atoms with Crippen molar-refractivity contribution in [3.63, 3.8) is 0 Å². The Hall–Kier alpha value is -1.51. The molecule has 1 aromatic rings. The third-order valence-electron chi connectivity index (χ3n) is 4.64. The fourth-order valence-corrected chi connectivity index (χ4v) is 3.08. The van der Waals surface area contributed by atoms with E-state index < -0.39 is 0 Å². The minimum absolute atomic E-state index is 0.00542. The van der Waals surface area contributed by atoms with Crippen LogP contribution in [0.2, 0.25) is 0 Å². The number of nitrogens with one attached hydrogen (secondary N) is 1. The van der Waals surface area contributed by atoms with E-state index in [4.69, 9.17) is 4.74 Å². The van der Waals surface area contributed by atoms with Crippen LogP contribution >= 0.6 is 0 Å². The molecule has 0 aliphatic heterocycles. The second kappa shape index (κ2) is 8.82. The smallest absolute Gasteiger partial charge is 0.258 e. The summed E-state index contributed by atoms with van der Waals surface area (Å²) in [5.74, 6) is 1.29. The fraction of sp³-hybridized carbons (Fsp3) is 0.632. The van der Waals surface area contributed by atoms with Crippen LogP contribution in [-0.2, 0) is 4.79 Å². The summed E-state index contributed by atoms with van der Waals surface area (Å²) in [6, 6.07) is 8.38. The minimum atomic E-state index is 0.00542. The van der Waals surface area contributed by atoms with Crippen molar-refractivity contribution in [1.82, 2.24) is 5.32 Å². The molecule has 0 heterocycles. The molecule has 1 amide bonds. The molecule has 22 heavy (non-hydrogen) atoms. The molecule has 1 aromatic carbocycles. The molecule has 1 saturated carbocycles. The van der Waals surface area contributed by atoms with E-state index in [-0.39, 0.29) is 12.5 Å². The number of ether oxygens (including phenoxy) is 1. The molecule has 1 atom stereocenters. The molecule has 0 saturated heterocycles. The van der Waals surface area contributed by atoms with Gasteiger partial charge >= 0.3 is 0 Å². The van der Waals surface area contributed by atoms with Gasteiger partial charge in [0.2, 0.25) is 0 Å². The number of para-hydroxylation sites is 1. The Balaban J connectivity index is 1.85. The molecule has 122 valence electrons. The quantitative estimate of drug-likeness (QED) is 0.790. The normalized spacial score (nSPS) is 17.5. The van der Waals surface area contributed by atoms with E-state index in [9.17, 15) is 4.79 Å². The maximum atomic E-state index is 12.1. The first-order valence-electron chi connectivity index (χ1n) is 8.71. The summed E-state index contributed by atoms with van der Waals surface area (Å²) >= 11 is 0. The highest BCUT2D eigenvalue weighted by Gasteiger charge is 2.16. The van der Waals surface area contributed by atoms with Crippen LogP contribution in [0.15, 0.2) is 24.3 Å². The van der Waals surface area contributed by atoms with Crippen LogP contribution in [0.3, 0.4) is 0 Å². The number of carbonyl (C=O) groups excluding carboxylic acids is 1. The van der Waals surface area contributed by atoms with Crippen molar-refractivity contribution in [2.24, 2.45) is 0 Å². The monoisotopic (exact) mass is 303 g/mol. The highest BCUT2D eigenvalue weighted by molar-refractivity contribution is 5.77. The maximum Gasteiger partial charge on any atom is 0.258 e. The van der Waals surface area contributed by atoms with Gasteiger partial charge in [0, 0.05) is 6.04 Å². The Kier molecular flexibility index (Phi) is 6.75. The Morgan fingerprint density at radius 1 is 1.23 bits per heavy atom. The lowest BCUT2D eigenvalue weighted by atomic mass is 9.98. The van der Waals surface area contributed by atoms with Crippen LogP contribution in [0.5, 0.6) is 5.75 Å². The first kappa shape index (κ1) is 16.9. The van der Waals surface area contributed by atoms with Gasteiger partial charge in [-0.1, -0.05) is 57.7 Å². The van der Waals surface area contributed by atoms with Gasteiger partial charge < -0.3 is 10.1 Å².